The van der Waals surface area contributed by atoms with Crippen LogP contribution in [-0.4, -0.2) is 43.6 Å². The van der Waals surface area contributed by atoms with Crippen LogP contribution in [0.15, 0.2) is 40.4 Å². The van der Waals surface area contributed by atoms with Crippen molar-refractivity contribution in [2.24, 2.45) is 0 Å². The van der Waals surface area contributed by atoms with E-state index in [1.807, 2.05) is 30.3 Å². The fourth-order valence-corrected chi connectivity index (χ4v) is 3.63. The van der Waals surface area contributed by atoms with Gasteiger partial charge >= 0.3 is 0 Å². The standard InChI is InChI=1S/C18H18N6O3S/c25-14(20-18-22-19-11-28-18)8-9-15(26)24-10-4-7-13(24)17-21-16(23-27-17)12-5-2-1-3-6-12/h1-3,5-6,11,13H,4,7-10H2,(H,20,22,25)/t13-/m0/s1. The smallest absolute Gasteiger partial charge is 0.249 e. The monoisotopic (exact) mass is 398 g/mol. The van der Waals surface area contributed by atoms with Crippen molar-refractivity contribution in [1.82, 2.24) is 25.2 Å². The molecule has 28 heavy (non-hydrogen) atoms. The molecule has 1 aliphatic rings. The number of carbonyl (C=O) groups excluding carboxylic acids is 2. The predicted molar refractivity (Wildman–Crippen MR) is 101 cm³/mol. The Bertz CT molecular complexity index is 943. The van der Waals surface area contributed by atoms with Crippen molar-refractivity contribution in [3.63, 3.8) is 0 Å². The van der Waals surface area contributed by atoms with Gasteiger partial charge in [0, 0.05) is 24.9 Å². The van der Waals surface area contributed by atoms with E-state index in [1.54, 1.807) is 4.90 Å². The van der Waals surface area contributed by atoms with Crippen molar-refractivity contribution in [3.8, 4) is 11.4 Å². The summed E-state index contributed by atoms with van der Waals surface area (Å²) in [7, 11) is 0. The molecule has 1 saturated heterocycles. The molecule has 3 aromatic rings. The first-order chi connectivity index (χ1) is 13.7. The van der Waals surface area contributed by atoms with Crippen LogP contribution in [0.3, 0.4) is 0 Å². The normalized spacial score (nSPS) is 16.3. The lowest BCUT2D eigenvalue weighted by Crippen LogP contribution is -2.31. The van der Waals surface area contributed by atoms with E-state index >= 15 is 0 Å². The van der Waals surface area contributed by atoms with Gasteiger partial charge in [0.15, 0.2) is 0 Å². The van der Waals surface area contributed by atoms with Gasteiger partial charge in [-0.3, -0.25) is 9.59 Å². The number of nitrogens with one attached hydrogen (secondary N) is 1. The Balaban J connectivity index is 1.37. The lowest BCUT2D eigenvalue weighted by Gasteiger charge is -2.21. The molecule has 144 valence electrons. The van der Waals surface area contributed by atoms with E-state index in [9.17, 15) is 9.59 Å². The molecule has 4 rings (SSSR count). The van der Waals surface area contributed by atoms with Gasteiger partial charge in [0.1, 0.15) is 11.6 Å². The van der Waals surface area contributed by atoms with E-state index in [4.69, 9.17) is 4.52 Å². The predicted octanol–water partition coefficient (Wildman–Crippen LogP) is 2.67. The first kappa shape index (κ1) is 18.2. The average molecular weight is 398 g/mol. The Morgan fingerprint density at radius 3 is 2.89 bits per heavy atom. The third-order valence-corrected chi connectivity index (χ3v) is 5.11. The van der Waals surface area contributed by atoms with Crippen molar-refractivity contribution in [2.75, 3.05) is 11.9 Å². The molecule has 2 aromatic heterocycles. The second-order valence-corrected chi connectivity index (χ2v) is 7.19. The Hall–Kier alpha value is -3.14. The van der Waals surface area contributed by atoms with Crippen LogP contribution in [0.5, 0.6) is 0 Å². The first-order valence-corrected chi connectivity index (χ1v) is 9.83. The fraction of sp³-hybridized carbons (Fsp3) is 0.333. The van der Waals surface area contributed by atoms with Gasteiger partial charge in [0.05, 0.1) is 0 Å². The average Bonchev–Trinajstić information content (AvgIpc) is 3.47. The molecule has 0 saturated carbocycles. The Kier molecular flexibility index (Phi) is 5.38. The summed E-state index contributed by atoms with van der Waals surface area (Å²) >= 11 is 1.23. The van der Waals surface area contributed by atoms with Gasteiger partial charge in [-0.15, -0.1) is 10.2 Å². The second-order valence-electron chi connectivity index (χ2n) is 6.36. The van der Waals surface area contributed by atoms with Crippen LogP contribution < -0.4 is 5.32 Å². The summed E-state index contributed by atoms with van der Waals surface area (Å²) in [4.78, 5) is 30.8. The van der Waals surface area contributed by atoms with Gasteiger partial charge in [0.25, 0.3) is 0 Å². The third-order valence-electron chi connectivity index (χ3n) is 4.50. The zero-order valence-corrected chi connectivity index (χ0v) is 15.8. The zero-order chi connectivity index (χ0) is 19.3. The number of aromatic nitrogens is 4. The van der Waals surface area contributed by atoms with Crippen LogP contribution in [0.4, 0.5) is 5.13 Å². The van der Waals surface area contributed by atoms with E-state index in [1.165, 1.54) is 16.8 Å². The van der Waals surface area contributed by atoms with Crippen LogP contribution in [0.2, 0.25) is 0 Å². The number of nitrogens with zero attached hydrogens (tertiary/aromatic N) is 5. The van der Waals surface area contributed by atoms with E-state index in [2.05, 4.69) is 25.7 Å². The van der Waals surface area contributed by atoms with Crippen molar-refractivity contribution >= 4 is 28.3 Å². The SMILES string of the molecule is O=C(CCC(=O)N1CCC[C@H]1c1nc(-c2ccccc2)no1)Nc1nncs1. The van der Waals surface area contributed by atoms with Crippen LogP contribution in [0.1, 0.15) is 37.6 Å². The minimum absolute atomic E-state index is 0.0841. The summed E-state index contributed by atoms with van der Waals surface area (Å²) in [6.45, 7) is 0.616. The highest BCUT2D eigenvalue weighted by atomic mass is 32.1. The topological polar surface area (TPSA) is 114 Å². The van der Waals surface area contributed by atoms with Gasteiger partial charge in [-0.2, -0.15) is 4.98 Å². The molecule has 1 aliphatic heterocycles. The van der Waals surface area contributed by atoms with Gasteiger partial charge in [-0.05, 0) is 12.8 Å². The summed E-state index contributed by atoms with van der Waals surface area (Å²) in [5, 5.41) is 14.5. The fourth-order valence-electron chi connectivity index (χ4n) is 3.17. The number of anilines is 1. The number of amides is 2. The van der Waals surface area contributed by atoms with Gasteiger partial charge in [0.2, 0.25) is 28.7 Å². The first-order valence-electron chi connectivity index (χ1n) is 8.95. The third kappa shape index (κ3) is 4.06. The molecule has 0 spiro atoms. The molecule has 1 aromatic carbocycles. The molecule has 0 aliphatic carbocycles. The largest absolute Gasteiger partial charge is 0.337 e. The molecule has 9 nitrogen and oxygen atoms in total. The molecule has 10 heteroatoms. The van der Waals surface area contributed by atoms with E-state index in [0.717, 1.165) is 18.4 Å². The molecule has 0 unspecified atom stereocenters. The Labute approximate surface area is 164 Å². The summed E-state index contributed by atoms with van der Waals surface area (Å²) in [6.07, 6.45) is 1.82. The minimum Gasteiger partial charge on any atom is -0.337 e. The number of hydrogen-bond acceptors (Lipinski definition) is 8. The van der Waals surface area contributed by atoms with Crippen LogP contribution in [-0.2, 0) is 9.59 Å². The molecular weight excluding hydrogens is 380 g/mol. The molecule has 1 fully saturated rings. The summed E-state index contributed by atoms with van der Waals surface area (Å²) < 4.78 is 5.43. The maximum atomic E-state index is 12.6. The highest BCUT2D eigenvalue weighted by Crippen LogP contribution is 2.32. The number of benzene rings is 1. The molecule has 3 heterocycles. The molecular formula is C18H18N6O3S. The summed E-state index contributed by atoms with van der Waals surface area (Å²) in [5.41, 5.74) is 2.39. The van der Waals surface area contributed by atoms with Crippen molar-refractivity contribution in [2.45, 2.75) is 31.7 Å². The molecule has 1 atom stereocenters. The van der Waals surface area contributed by atoms with Crippen LogP contribution in [0, 0.1) is 0 Å². The van der Waals surface area contributed by atoms with Crippen molar-refractivity contribution < 1.29 is 14.1 Å². The number of hydrogen-bond donors (Lipinski definition) is 1. The maximum Gasteiger partial charge on any atom is 0.249 e. The van der Waals surface area contributed by atoms with Crippen LogP contribution in [0.25, 0.3) is 11.4 Å². The summed E-state index contributed by atoms with van der Waals surface area (Å²) in [5.74, 6) is 0.578. The maximum absolute atomic E-state index is 12.6. The molecule has 0 radical (unpaired) electrons. The number of carbonyl (C=O) groups is 2. The highest BCUT2D eigenvalue weighted by molar-refractivity contribution is 7.13. The van der Waals surface area contributed by atoms with E-state index < -0.39 is 0 Å². The lowest BCUT2D eigenvalue weighted by atomic mass is 10.2. The molecule has 2 amide bonds. The summed E-state index contributed by atoms with van der Waals surface area (Å²) in [6, 6.07) is 9.30. The lowest BCUT2D eigenvalue weighted by molar-refractivity contribution is -0.134. The zero-order valence-electron chi connectivity index (χ0n) is 14.9. The highest BCUT2D eigenvalue weighted by Gasteiger charge is 2.34. The van der Waals surface area contributed by atoms with Gasteiger partial charge in [-0.1, -0.05) is 46.8 Å². The van der Waals surface area contributed by atoms with Crippen molar-refractivity contribution in [1.29, 1.82) is 0 Å². The molecule has 1 N–H and O–H groups in total. The van der Waals surface area contributed by atoms with Gasteiger partial charge < -0.3 is 14.7 Å². The minimum atomic E-state index is -0.259. The van der Waals surface area contributed by atoms with Crippen LogP contribution >= 0.6 is 11.3 Å². The number of rotatable bonds is 6. The Morgan fingerprint density at radius 2 is 2.11 bits per heavy atom. The quantitative estimate of drug-likeness (QED) is 0.679. The second kappa shape index (κ2) is 8.26. The number of likely N-dealkylation sites (tertiary alicyclic amines) is 1. The van der Waals surface area contributed by atoms with E-state index in [-0.39, 0.29) is 30.7 Å². The molecule has 0 bridgehead atoms. The van der Waals surface area contributed by atoms with Crippen molar-refractivity contribution in [3.05, 3.63) is 41.7 Å². The Morgan fingerprint density at radius 1 is 1.25 bits per heavy atom. The van der Waals surface area contributed by atoms with Gasteiger partial charge in [-0.25, -0.2) is 0 Å². The van der Waals surface area contributed by atoms with E-state index in [0.29, 0.717) is 23.4 Å².